The lowest BCUT2D eigenvalue weighted by Crippen LogP contribution is -2.32. The minimum Gasteiger partial charge on any atom is -0.489 e. The molecule has 3 nitrogen and oxygen atoms in total. The molecule has 1 fully saturated rings. The predicted molar refractivity (Wildman–Crippen MR) is 89.6 cm³/mol. The van der Waals surface area contributed by atoms with E-state index in [4.69, 9.17) is 4.74 Å². The first-order chi connectivity index (χ1) is 12.0. The molecule has 2 atom stereocenters. The summed E-state index contributed by atoms with van der Waals surface area (Å²) >= 11 is 0. The fraction of sp³-hybridized carbons (Fsp3) is 0.368. The van der Waals surface area contributed by atoms with E-state index in [-0.39, 0.29) is 19.6 Å². The van der Waals surface area contributed by atoms with E-state index in [0.717, 1.165) is 5.56 Å². The van der Waals surface area contributed by atoms with Crippen molar-refractivity contribution in [1.29, 1.82) is 0 Å². The minimum absolute atomic E-state index is 0.0771. The van der Waals surface area contributed by atoms with Gasteiger partial charge in [0.2, 0.25) is 0 Å². The minimum atomic E-state index is -4.24. The van der Waals surface area contributed by atoms with Crippen molar-refractivity contribution in [1.82, 2.24) is 0 Å². The van der Waals surface area contributed by atoms with E-state index in [1.807, 2.05) is 30.3 Å². The lowest BCUT2D eigenvalue weighted by Gasteiger charge is -2.25. The molecule has 0 unspecified atom stereocenters. The Labute approximate surface area is 144 Å². The number of halogens is 3. The normalized spacial score (nSPS) is 20.7. The predicted octanol–water partition coefficient (Wildman–Crippen LogP) is 4.02. The van der Waals surface area contributed by atoms with Gasteiger partial charge in [-0.1, -0.05) is 30.3 Å². The lowest BCUT2D eigenvalue weighted by molar-refractivity contribution is -0.168. The van der Waals surface area contributed by atoms with Crippen LogP contribution in [0, 0.1) is 5.92 Å². The summed E-state index contributed by atoms with van der Waals surface area (Å²) in [5.41, 5.74) is 1.71. The molecule has 1 N–H and O–H groups in total. The summed E-state index contributed by atoms with van der Waals surface area (Å²) in [6.07, 6.45) is -4.31. The number of hydrogen-bond donors (Lipinski definition) is 1. The van der Waals surface area contributed by atoms with E-state index in [9.17, 15) is 18.3 Å². The van der Waals surface area contributed by atoms with Gasteiger partial charge in [-0.05, 0) is 36.2 Å². The van der Waals surface area contributed by atoms with Gasteiger partial charge in [0, 0.05) is 12.2 Å². The fourth-order valence-electron chi connectivity index (χ4n) is 3.12. The first-order valence-corrected chi connectivity index (χ1v) is 8.18. The van der Waals surface area contributed by atoms with E-state index < -0.39 is 18.1 Å². The van der Waals surface area contributed by atoms with Crippen molar-refractivity contribution >= 4 is 5.69 Å². The largest absolute Gasteiger partial charge is 0.489 e. The highest BCUT2D eigenvalue weighted by Gasteiger charge is 2.47. The molecule has 0 aromatic heterocycles. The number of ether oxygens (including phenoxy) is 1. The number of nitrogens with zero attached hydrogens (tertiary/aromatic N) is 1. The quantitative estimate of drug-likeness (QED) is 0.883. The molecule has 0 spiro atoms. The first-order valence-electron chi connectivity index (χ1n) is 8.18. The molecule has 1 heterocycles. The van der Waals surface area contributed by atoms with E-state index in [1.54, 1.807) is 29.2 Å². The third kappa shape index (κ3) is 4.25. The number of anilines is 1. The zero-order valence-corrected chi connectivity index (χ0v) is 13.6. The monoisotopic (exact) mass is 351 g/mol. The molecule has 0 aliphatic carbocycles. The van der Waals surface area contributed by atoms with Gasteiger partial charge in [0.15, 0.2) is 0 Å². The van der Waals surface area contributed by atoms with Crippen LogP contribution in [0.1, 0.15) is 12.0 Å². The molecule has 25 heavy (non-hydrogen) atoms. The molecule has 0 bridgehead atoms. The van der Waals surface area contributed by atoms with Gasteiger partial charge in [0.1, 0.15) is 12.4 Å². The lowest BCUT2D eigenvalue weighted by atomic mass is 10.1. The third-order valence-electron chi connectivity index (χ3n) is 4.50. The van der Waals surface area contributed by atoms with Gasteiger partial charge in [0.25, 0.3) is 0 Å². The number of benzene rings is 2. The highest BCUT2D eigenvalue weighted by molar-refractivity contribution is 5.51. The van der Waals surface area contributed by atoms with Gasteiger partial charge < -0.3 is 14.7 Å². The highest BCUT2D eigenvalue weighted by Crippen LogP contribution is 2.38. The molecule has 1 aliphatic rings. The van der Waals surface area contributed by atoms with Gasteiger partial charge in [-0.15, -0.1) is 0 Å². The highest BCUT2D eigenvalue weighted by atomic mass is 19.4. The number of alkyl halides is 3. The van der Waals surface area contributed by atoms with Gasteiger partial charge in [-0.25, -0.2) is 0 Å². The van der Waals surface area contributed by atoms with Crippen LogP contribution in [0.25, 0.3) is 0 Å². The van der Waals surface area contributed by atoms with Crippen LogP contribution in [0.3, 0.4) is 0 Å². The van der Waals surface area contributed by atoms with Crippen LogP contribution < -0.4 is 9.64 Å². The van der Waals surface area contributed by atoms with Crippen molar-refractivity contribution in [2.45, 2.75) is 25.2 Å². The van der Waals surface area contributed by atoms with Crippen LogP contribution >= 0.6 is 0 Å². The van der Waals surface area contributed by atoms with Crippen molar-refractivity contribution < 1.29 is 23.0 Å². The molecule has 0 saturated carbocycles. The van der Waals surface area contributed by atoms with Gasteiger partial charge in [-0.2, -0.15) is 13.2 Å². The average Bonchev–Trinajstić information content (AvgIpc) is 3.06. The average molecular weight is 351 g/mol. The zero-order chi connectivity index (χ0) is 17.9. The molecule has 0 radical (unpaired) electrons. The standard InChI is InChI=1S/C19H20F3NO2/c20-19(21,22)15-10-17(12-24)23(11-15)16-6-8-18(9-7-16)25-13-14-4-2-1-3-5-14/h1-9,15,17,24H,10-13H2/t15-,17-/m0/s1. The van der Waals surface area contributed by atoms with E-state index in [0.29, 0.717) is 18.0 Å². The summed E-state index contributed by atoms with van der Waals surface area (Å²) in [6.45, 7) is 0.0110. The second-order valence-electron chi connectivity index (χ2n) is 6.23. The molecule has 3 rings (SSSR count). The van der Waals surface area contributed by atoms with Crippen LogP contribution in [-0.4, -0.2) is 30.5 Å². The van der Waals surface area contributed by atoms with Gasteiger partial charge in [-0.3, -0.25) is 0 Å². The SMILES string of the molecule is OC[C@@H]1C[C@H](C(F)(F)F)CN1c1ccc(OCc2ccccc2)cc1. The summed E-state index contributed by atoms with van der Waals surface area (Å²) in [6, 6.07) is 16.2. The Hall–Kier alpha value is -2.21. The van der Waals surface area contributed by atoms with Crippen molar-refractivity contribution in [3.05, 3.63) is 60.2 Å². The van der Waals surface area contributed by atoms with E-state index in [1.165, 1.54) is 0 Å². The third-order valence-corrected chi connectivity index (χ3v) is 4.50. The number of aliphatic hydroxyl groups is 1. The van der Waals surface area contributed by atoms with Crippen molar-refractivity contribution in [3.8, 4) is 5.75 Å². The molecule has 1 saturated heterocycles. The Kier molecular flexibility index (Phi) is 5.18. The first kappa shape index (κ1) is 17.6. The van der Waals surface area contributed by atoms with Crippen LogP contribution in [-0.2, 0) is 6.61 Å². The maximum atomic E-state index is 13.0. The Bertz CT molecular complexity index is 673. The summed E-state index contributed by atoms with van der Waals surface area (Å²) < 4.78 is 44.6. The Morgan fingerprint density at radius 2 is 1.72 bits per heavy atom. The Morgan fingerprint density at radius 1 is 1.04 bits per heavy atom. The smallest absolute Gasteiger partial charge is 0.393 e. The molecule has 1 aliphatic heterocycles. The molecular weight excluding hydrogens is 331 g/mol. The topological polar surface area (TPSA) is 32.7 Å². The molecular formula is C19H20F3NO2. The van der Waals surface area contributed by atoms with Crippen LogP contribution in [0.4, 0.5) is 18.9 Å². The second kappa shape index (κ2) is 7.35. The maximum absolute atomic E-state index is 13.0. The Balaban J connectivity index is 1.65. The van der Waals surface area contributed by atoms with Gasteiger partial charge >= 0.3 is 6.18 Å². The second-order valence-corrected chi connectivity index (χ2v) is 6.23. The molecule has 0 amide bonds. The van der Waals surface area contributed by atoms with E-state index >= 15 is 0 Å². The van der Waals surface area contributed by atoms with Crippen LogP contribution in [0.15, 0.2) is 54.6 Å². The van der Waals surface area contributed by atoms with Crippen molar-refractivity contribution in [2.24, 2.45) is 5.92 Å². The Morgan fingerprint density at radius 3 is 2.32 bits per heavy atom. The van der Waals surface area contributed by atoms with Crippen LogP contribution in [0.2, 0.25) is 0 Å². The van der Waals surface area contributed by atoms with Crippen molar-refractivity contribution in [2.75, 3.05) is 18.1 Å². The van der Waals surface area contributed by atoms with Crippen molar-refractivity contribution in [3.63, 3.8) is 0 Å². The number of aliphatic hydroxyl groups excluding tert-OH is 1. The van der Waals surface area contributed by atoms with Crippen LogP contribution in [0.5, 0.6) is 5.75 Å². The zero-order valence-electron chi connectivity index (χ0n) is 13.6. The van der Waals surface area contributed by atoms with Gasteiger partial charge in [0.05, 0.1) is 18.6 Å². The van der Waals surface area contributed by atoms with E-state index in [2.05, 4.69) is 0 Å². The number of hydrogen-bond acceptors (Lipinski definition) is 3. The summed E-state index contributed by atoms with van der Waals surface area (Å²) in [4.78, 5) is 1.62. The molecule has 2 aromatic carbocycles. The molecule has 134 valence electrons. The molecule has 2 aromatic rings. The fourth-order valence-corrected chi connectivity index (χ4v) is 3.12. The molecule has 6 heteroatoms. The number of rotatable bonds is 5. The summed E-state index contributed by atoms with van der Waals surface area (Å²) in [5, 5.41) is 9.41. The maximum Gasteiger partial charge on any atom is 0.393 e. The summed E-state index contributed by atoms with van der Waals surface area (Å²) in [5.74, 6) is -0.752. The summed E-state index contributed by atoms with van der Waals surface area (Å²) in [7, 11) is 0.